The Morgan fingerprint density at radius 1 is 1.41 bits per heavy atom. The number of esters is 1. The quantitative estimate of drug-likeness (QED) is 0.457. The molecular weight excluding hydrogens is 244 g/mol. The van der Waals surface area contributed by atoms with Crippen LogP contribution in [0.1, 0.15) is 22.8 Å². The van der Waals surface area contributed by atoms with Crippen molar-refractivity contribution >= 4 is 29.6 Å². The molecule has 17 heavy (non-hydrogen) atoms. The number of carbonyl (C=O) groups is 3. The molecule has 0 fully saturated rings. The number of hydrogen-bond acceptors (Lipinski definition) is 4. The fraction of sp³-hybridized carbons (Fsp3) is 0.250. The van der Waals surface area contributed by atoms with Crippen LogP contribution in [0.4, 0.5) is 0 Å². The van der Waals surface area contributed by atoms with Crippen molar-refractivity contribution in [1.29, 1.82) is 0 Å². The molecule has 0 aliphatic rings. The molecule has 0 saturated heterocycles. The van der Waals surface area contributed by atoms with Crippen LogP contribution >= 0.6 is 11.6 Å². The summed E-state index contributed by atoms with van der Waals surface area (Å²) in [7, 11) is 0. The molecule has 0 aromatic heterocycles. The molecule has 1 aromatic rings. The van der Waals surface area contributed by atoms with E-state index in [0.29, 0.717) is 22.4 Å². The van der Waals surface area contributed by atoms with Crippen molar-refractivity contribution in [3.63, 3.8) is 0 Å². The maximum atomic E-state index is 11.4. The van der Waals surface area contributed by atoms with Gasteiger partial charge >= 0.3 is 5.97 Å². The summed E-state index contributed by atoms with van der Waals surface area (Å²) in [6, 6.07) is 4.55. The van der Waals surface area contributed by atoms with Crippen LogP contribution in [-0.4, -0.2) is 24.6 Å². The standard InChI is InChI=1S/C12H11ClO4/c1-2-17-12(16)11(15)6-8-3-4-10(13)5-9(8)7-14/h3-5,7H,2,6H2,1H3. The lowest BCUT2D eigenvalue weighted by Crippen LogP contribution is -2.20. The van der Waals surface area contributed by atoms with Crippen LogP contribution in [-0.2, 0) is 20.7 Å². The van der Waals surface area contributed by atoms with Crippen molar-refractivity contribution in [3.8, 4) is 0 Å². The Hall–Kier alpha value is -1.68. The van der Waals surface area contributed by atoms with Crippen molar-refractivity contribution in [2.24, 2.45) is 0 Å². The van der Waals surface area contributed by atoms with Gasteiger partial charge in [0.15, 0.2) is 0 Å². The van der Waals surface area contributed by atoms with Gasteiger partial charge in [-0.2, -0.15) is 0 Å². The Morgan fingerprint density at radius 2 is 2.12 bits per heavy atom. The second-order valence-electron chi connectivity index (χ2n) is 3.28. The molecule has 0 amide bonds. The molecule has 0 aliphatic carbocycles. The van der Waals surface area contributed by atoms with E-state index in [1.54, 1.807) is 19.1 Å². The van der Waals surface area contributed by atoms with Gasteiger partial charge in [0.25, 0.3) is 0 Å². The number of ketones is 1. The zero-order valence-corrected chi connectivity index (χ0v) is 9.99. The fourth-order valence-corrected chi connectivity index (χ4v) is 1.47. The number of rotatable bonds is 5. The summed E-state index contributed by atoms with van der Waals surface area (Å²) in [4.78, 5) is 33.3. The van der Waals surface area contributed by atoms with Crippen molar-refractivity contribution in [1.82, 2.24) is 0 Å². The van der Waals surface area contributed by atoms with Crippen LogP contribution in [0.5, 0.6) is 0 Å². The number of aldehydes is 1. The van der Waals surface area contributed by atoms with E-state index in [4.69, 9.17) is 11.6 Å². The lowest BCUT2D eigenvalue weighted by Gasteiger charge is -2.04. The molecular formula is C12H11ClO4. The van der Waals surface area contributed by atoms with Gasteiger partial charge in [0, 0.05) is 17.0 Å². The molecule has 0 N–H and O–H groups in total. The topological polar surface area (TPSA) is 60.4 Å². The van der Waals surface area contributed by atoms with Crippen LogP contribution in [0.25, 0.3) is 0 Å². The summed E-state index contributed by atoms with van der Waals surface area (Å²) < 4.78 is 4.57. The second kappa shape index (κ2) is 6.15. The minimum Gasteiger partial charge on any atom is -0.460 e. The first-order chi connectivity index (χ1) is 8.08. The first-order valence-electron chi connectivity index (χ1n) is 5.02. The average molecular weight is 255 g/mol. The Kier molecular flexibility index (Phi) is 4.84. The van der Waals surface area contributed by atoms with E-state index < -0.39 is 11.8 Å². The number of ether oxygens (including phenoxy) is 1. The smallest absolute Gasteiger partial charge is 0.374 e. The molecule has 4 nitrogen and oxygen atoms in total. The number of carbonyl (C=O) groups excluding carboxylic acids is 3. The Bertz CT molecular complexity index is 454. The Morgan fingerprint density at radius 3 is 2.71 bits per heavy atom. The fourth-order valence-electron chi connectivity index (χ4n) is 1.29. The van der Waals surface area contributed by atoms with Crippen molar-refractivity contribution < 1.29 is 19.1 Å². The zero-order valence-electron chi connectivity index (χ0n) is 9.23. The molecule has 0 bridgehead atoms. The van der Waals surface area contributed by atoms with Crippen molar-refractivity contribution in [3.05, 3.63) is 34.3 Å². The number of halogens is 1. The third kappa shape index (κ3) is 3.67. The number of benzene rings is 1. The van der Waals surface area contributed by atoms with Crippen LogP contribution in [0.3, 0.4) is 0 Å². The van der Waals surface area contributed by atoms with Crippen LogP contribution in [0, 0.1) is 0 Å². The van der Waals surface area contributed by atoms with Gasteiger partial charge in [-0.25, -0.2) is 4.79 Å². The molecule has 0 aliphatic heterocycles. The van der Waals surface area contributed by atoms with Crippen LogP contribution in [0.15, 0.2) is 18.2 Å². The lowest BCUT2D eigenvalue weighted by molar-refractivity contribution is -0.153. The first kappa shape index (κ1) is 13.4. The average Bonchev–Trinajstić information content (AvgIpc) is 2.31. The largest absolute Gasteiger partial charge is 0.460 e. The summed E-state index contributed by atoms with van der Waals surface area (Å²) in [5.74, 6) is -1.57. The second-order valence-corrected chi connectivity index (χ2v) is 3.72. The molecule has 0 unspecified atom stereocenters. The van der Waals surface area contributed by atoms with Gasteiger partial charge in [-0.05, 0) is 24.6 Å². The van der Waals surface area contributed by atoms with Crippen molar-refractivity contribution in [2.45, 2.75) is 13.3 Å². The Labute approximate surface area is 104 Å². The van der Waals surface area contributed by atoms with Gasteiger partial charge in [-0.1, -0.05) is 17.7 Å². The summed E-state index contributed by atoms with van der Waals surface area (Å²) >= 11 is 5.71. The number of hydrogen-bond donors (Lipinski definition) is 0. The maximum absolute atomic E-state index is 11.4. The third-order valence-corrected chi connectivity index (χ3v) is 2.32. The molecule has 1 rings (SSSR count). The third-order valence-electron chi connectivity index (χ3n) is 2.09. The van der Waals surface area contributed by atoms with Crippen LogP contribution in [0.2, 0.25) is 5.02 Å². The summed E-state index contributed by atoms with van der Waals surface area (Å²) in [6.07, 6.45) is 0.434. The van der Waals surface area contributed by atoms with E-state index in [-0.39, 0.29) is 13.0 Å². The van der Waals surface area contributed by atoms with Gasteiger partial charge in [-0.15, -0.1) is 0 Å². The predicted molar refractivity (Wildman–Crippen MR) is 62.2 cm³/mol. The van der Waals surface area contributed by atoms with E-state index in [1.165, 1.54) is 6.07 Å². The van der Waals surface area contributed by atoms with Gasteiger partial charge in [0.05, 0.1) is 6.61 Å². The lowest BCUT2D eigenvalue weighted by atomic mass is 10.0. The molecule has 0 heterocycles. The van der Waals surface area contributed by atoms with E-state index in [2.05, 4.69) is 4.74 Å². The molecule has 90 valence electrons. The van der Waals surface area contributed by atoms with Crippen molar-refractivity contribution in [2.75, 3.05) is 6.61 Å². The van der Waals surface area contributed by atoms with Gasteiger partial charge in [0.2, 0.25) is 5.78 Å². The van der Waals surface area contributed by atoms with Gasteiger partial charge in [0.1, 0.15) is 6.29 Å². The van der Waals surface area contributed by atoms with E-state index in [0.717, 1.165) is 0 Å². The summed E-state index contributed by atoms with van der Waals surface area (Å²) in [5, 5.41) is 0.402. The zero-order chi connectivity index (χ0) is 12.8. The number of Topliss-reactive ketones (excluding diaryl/α,β-unsaturated/α-hetero) is 1. The monoisotopic (exact) mass is 254 g/mol. The van der Waals surface area contributed by atoms with Gasteiger partial charge < -0.3 is 4.74 Å². The van der Waals surface area contributed by atoms with E-state index in [1.807, 2.05) is 0 Å². The molecule has 0 spiro atoms. The highest BCUT2D eigenvalue weighted by molar-refractivity contribution is 6.34. The normalized spacial score (nSPS) is 9.76. The summed E-state index contributed by atoms with van der Waals surface area (Å²) in [5.41, 5.74) is 0.762. The highest BCUT2D eigenvalue weighted by Crippen LogP contribution is 2.15. The minimum absolute atomic E-state index is 0.145. The highest BCUT2D eigenvalue weighted by Gasteiger charge is 2.17. The molecule has 1 aromatic carbocycles. The molecule has 0 atom stereocenters. The maximum Gasteiger partial charge on any atom is 0.374 e. The van der Waals surface area contributed by atoms with Gasteiger partial charge in [-0.3, -0.25) is 9.59 Å². The summed E-state index contributed by atoms with van der Waals surface area (Å²) in [6.45, 7) is 1.76. The molecule has 0 radical (unpaired) electrons. The predicted octanol–water partition coefficient (Wildman–Crippen LogP) is 1.83. The molecule has 5 heteroatoms. The first-order valence-corrected chi connectivity index (χ1v) is 5.39. The molecule has 0 saturated carbocycles. The van der Waals surface area contributed by atoms with E-state index in [9.17, 15) is 14.4 Å². The highest BCUT2D eigenvalue weighted by atomic mass is 35.5. The SMILES string of the molecule is CCOC(=O)C(=O)Cc1ccc(Cl)cc1C=O. The Balaban J connectivity index is 2.84. The minimum atomic E-state index is -0.890. The van der Waals surface area contributed by atoms with Crippen LogP contribution < -0.4 is 0 Å². The van der Waals surface area contributed by atoms with E-state index >= 15 is 0 Å².